The van der Waals surface area contributed by atoms with Crippen LogP contribution in [-0.4, -0.2) is 48.6 Å². The number of sulfone groups is 1. The minimum Gasteiger partial charge on any atom is -0.357 e. The number of hydrogen-bond acceptors (Lipinski definition) is 3. The van der Waals surface area contributed by atoms with Crippen molar-refractivity contribution >= 4 is 27.2 Å². The molecule has 0 aromatic heterocycles. The molecule has 1 aromatic rings. The Labute approximate surface area is 122 Å². The monoisotopic (exact) mass is 314 g/mol. The Morgan fingerprint density at radius 3 is 2.70 bits per heavy atom. The zero-order valence-electron chi connectivity index (χ0n) is 10.8. The van der Waals surface area contributed by atoms with E-state index in [2.05, 4.69) is 5.32 Å². The van der Waals surface area contributed by atoms with Crippen molar-refractivity contribution in [3.63, 3.8) is 0 Å². The van der Waals surface area contributed by atoms with Crippen LogP contribution >= 0.6 is 12.2 Å². The van der Waals surface area contributed by atoms with Gasteiger partial charge in [0.25, 0.3) is 0 Å². The maximum absolute atomic E-state index is 12.8. The number of hydrogen-bond donors (Lipinski definition) is 1. The molecular formula is C13H15FN2O2S2. The fourth-order valence-electron chi connectivity index (χ4n) is 2.83. The molecule has 20 heavy (non-hydrogen) atoms. The summed E-state index contributed by atoms with van der Waals surface area (Å²) in [6.07, 6.45) is 0.714. The van der Waals surface area contributed by atoms with E-state index in [1.54, 1.807) is 12.1 Å². The molecule has 0 amide bonds. The third kappa shape index (κ3) is 2.64. The highest BCUT2D eigenvalue weighted by atomic mass is 32.2. The van der Waals surface area contributed by atoms with E-state index in [9.17, 15) is 12.8 Å². The van der Waals surface area contributed by atoms with E-state index in [-0.39, 0.29) is 29.4 Å². The Kier molecular flexibility index (Phi) is 3.41. The number of halogens is 1. The Balaban J connectivity index is 1.67. The molecule has 3 rings (SSSR count). The van der Waals surface area contributed by atoms with E-state index in [0.717, 1.165) is 5.56 Å². The summed E-state index contributed by atoms with van der Waals surface area (Å²) in [6.45, 7) is 0.647. The summed E-state index contributed by atoms with van der Waals surface area (Å²) in [4.78, 5) is 1.95. The number of benzene rings is 1. The van der Waals surface area contributed by atoms with Crippen LogP contribution in [0.15, 0.2) is 24.3 Å². The summed E-state index contributed by atoms with van der Waals surface area (Å²) < 4.78 is 36.2. The van der Waals surface area contributed by atoms with Crippen LogP contribution in [0, 0.1) is 5.82 Å². The molecule has 2 aliphatic heterocycles. The molecule has 2 saturated heterocycles. The van der Waals surface area contributed by atoms with Crippen LogP contribution < -0.4 is 5.32 Å². The van der Waals surface area contributed by atoms with E-state index >= 15 is 0 Å². The molecule has 1 N–H and O–H groups in total. The minimum absolute atomic E-state index is 0.0621. The van der Waals surface area contributed by atoms with Gasteiger partial charge in [-0.15, -0.1) is 0 Å². The highest BCUT2D eigenvalue weighted by Gasteiger charge is 2.46. The molecule has 0 radical (unpaired) electrons. The van der Waals surface area contributed by atoms with Gasteiger partial charge in [-0.2, -0.15) is 0 Å². The van der Waals surface area contributed by atoms with Crippen molar-refractivity contribution in [3.05, 3.63) is 35.6 Å². The van der Waals surface area contributed by atoms with Crippen LogP contribution in [0.5, 0.6) is 0 Å². The molecule has 2 heterocycles. The molecule has 108 valence electrons. The Bertz CT molecular complexity index is 630. The normalized spacial score (nSPS) is 27.4. The minimum atomic E-state index is -2.96. The Morgan fingerprint density at radius 1 is 1.30 bits per heavy atom. The van der Waals surface area contributed by atoms with E-state index in [4.69, 9.17) is 12.2 Å². The Morgan fingerprint density at radius 2 is 2.00 bits per heavy atom. The number of thiocarbonyl (C=S) groups is 1. The number of rotatable bonds is 3. The van der Waals surface area contributed by atoms with Crippen LogP contribution in [-0.2, 0) is 16.3 Å². The van der Waals surface area contributed by atoms with Gasteiger partial charge in [0.15, 0.2) is 14.9 Å². The van der Waals surface area contributed by atoms with E-state index < -0.39 is 9.84 Å². The van der Waals surface area contributed by atoms with Gasteiger partial charge in [0, 0.05) is 6.54 Å². The summed E-state index contributed by atoms with van der Waals surface area (Å²) in [6, 6.07) is 6.20. The molecule has 2 fully saturated rings. The molecule has 2 atom stereocenters. The van der Waals surface area contributed by atoms with Gasteiger partial charge in [0.1, 0.15) is 5.82 Å². The topological polar surface area (TPSA) is 49.4 Å². The second kappa shape index (κ2) is 4.96. The lowest BCUT2D eigenvalue weighted by molar-refractivity contribution is 0.358. The summed E-state index contributed by atoms with van der Waals surface area (Å²) in [5.74, 6) is 0.0630. The molecule has 2 aliphatic rings. The third-order valence-electron chi connectivity index (χ3n) is 3.85. The lowest BCUT2D eigenvalue weighted by atomic mass is 10.1. The van der Waals surface area contributed by atoms with E-state index in [1.807, 2.05) is 4.90 Å². The van der Waals surface area contributed by atoms with Crippen molar-refractivity contribution in [2.24, 2.45) is 0 Å². The van der Waals surface area contributed by atoms with Gasteiger partial charge in [0.05, 0.1) is 23.6 Å². The molecule has 7 heteroatoms. The predicted octanol–water partition coefficient (Wildman–Crippen LogP) is 0.724. The summed E-state index contributed by atoms with van der Waals surface area (Å²) in [5.41, 5.74) is 1.01. The number of fused-ring (bicyclic) bond motifs is 1. The first-order chi connectivity index (χ1) is 9.44. The summed E-state index contributed by atoms with van der Waals surface area (Å²) in [7, 11) is -2.96. The van der Waals surface area contributed by atoms with Gasteiger partial charge >= 0.3 is 0 Å². The largest absolute Gasteiger partial charge is 0.357 e. The van der Waals surface area contributed by atoms with Crippen molar-refractivity contribution < 1.29 is 12.8 Å². The second-order valence-corrected chi connectivity index (χ2v) is 7.81. The number of nitrogens with one attached hydrogen (secondary N) is 1. The maximum atomic E-state index is 12.8. The Hall–Kier alpha value is -1.21. The summed E-state index contributed by atoms with van der Waals surface area (Å²) in [5, 5.41) is 3.71. The molecule has 0 spiro atoms. The van der Waals surface area contributed by atoms with Crippen LogP contribution in [0.3, 0.4) is 0 Å². The lowest BCUT2D eigenvalue weighted by Gasteiger charge is -2.23. The van der Waals surface area contributed by atoms with Gasteiger partial charge < -0.3 is 10.2 Å². The van der Waals surface area contributed by atoms with Gasteiger partial charge in [-0.05, 0) is 36.3 Å². The fraction of sp³-hybridized carbons (Fsp3) is 0.462. The van der Waals surface area contributed by atoms with Gasteiger partial charge in [0.2, 0.25) is 0 Å². The van der Waals surface area contributed by atoms with Crippen LogP contribution in [0.4, 0.5) is 4.39 Å². The first-order valence-electron chi connectivity index (χ1n) is 6.47. The smallest absolute Gasteiger partial charge is 0.169 e. The SMILES string of the molecule is O=S1(=O)CC2NC(=S)N(CCc3ccc(F)cc3)C2C1. The molecule has 0 saturated carbocycles. The first kappa shape index (κ1) is 13.8. The lowest BCUT2D eigenvalue weighted by Crippen LogP contribution is -2.38. The van der Waals surface area contributed by atoms with Crippen molar-refractivity contribution in [1.82, 2.24) is 10.2 Å². The van der Waals surface area contributed by atoms with Crippen molar-refractivity contribution in [1.29, 1.82) is 0 Å². The van der Waals surface area contributed by atoms with Gasteiger partial charge in [-0.3, -0.25) is 0 Å². The standard InChI is InChI=1S/C13H15FN2O2S2/c14-10-3-1-9(2-4-10)5-6-16-12-8-20(17,18)7-11(12)15-13(16)19/h1-4,11-12H,5-8H2,(H,15,19). The highest BCUT2D eigenvalue weighted by molar-refractivity contribution is 7.91. The molecule has 0 aliphatic carbocycles. The zero-order chi connectivity index (χ0) is 14.3. The zero-order valence-corrected chi connectivity index (χ0v) is 12.4. The maximum Gasteiger partial charge on any atom is 0.169 e. The third-order valence-corrected chi connectivity index (χ3v) is 5.92. The molecule has 0 bridgehead atoms. The van der Waals surface area contributed by atoms with E-state index in [0.29, 0.717) is 18.1 Å². The van der Waals surface area contributed by atoms with Crippen LogP contribution in [0.2, 0.25) is 0 Å². The average molecular weight is 314 g/mol. The van der Waals surface area contributed by atoms with Crippen LogP contribution in [0.25, 0.3) is 0 Å². The van der Waals surface area contributed by atoms with Gasteiger partial charge in [-0.1, -0.05) is 12.1 Å². The van der Waals surface area contributed by atoms with E-state index in [1.165, 1.54) is 12.1 Å². The molecular weight excluding hydrogens is 299 g/mol. The second-order valence-electron chi connectivity index (χ2n) is 5.27. The summed E-state index contributed by atoms with van der Waals surface area (Å²) >= 11 is 5.27. The quantitative estimate of drug-likeness (QED) is 0.834. The van der Waals surface area contributed by atoms with Crippen molar-refractivity contribution in [3.8, 4) is 0 Å². The average Bonchev–Trinajstić information content (AvgIpc) is 2.80. The molecule has 4 nitrogen and oxygen atoms in total. The first-order valence-corrected chi connectivity index (χ1v) is 8.69. The van der Waals surface area contributed by atoms with Crippen LogP contribution in [0.1, 0.15) is 5.56 Å². The molecule has 1 aromatic carbocycles. The van der Waals surface area contributed by atoms with Crippen molar-refractivity contribution in [2.75, 3.05) is 18.1 Å². The van der Waals surface area contributed by atoms with Crippen molar-refractivity contribution in [2.45, 2.75) is 18.5 Å². The fourth-order valence-corrected chi connectivity index (χ4v) is 5.13. The van der Waals surface area contributed by atoms with Gasteiger partial charge in [-0.25, -0.2) is 12.8 Å². The number of nitrogens with zero attached hydrogens (tertiary/aromatic N) is 1. The predicted molar refractivity (Wildman–Crippen MR) is 78.8 cm³/mol. The highest BCUT2D eigenvalue weighted by Crippen LogP contribution is 2.24. The molecule has 2 unspecified atom stereocenters.